The van der Waals surface area contributed by atoms with Crippen molar-refractivity contribution in [1.29, 1.82) is 0 Å². The number of amides is 1. The third kappa shape index (κ3) is 5.09. The number of thioether (sulfide) groups is 1. The Bertz CT molecular complexity index is 703. The number of pyridine rings is 2. The molecule has 0 radical (unpaired) electrons. The summed E-state index contributed by atoms with van der Waals surface area (Å²) in [4.78, 5) is 20.7. The summed E-state index contributed by atoms with van der Waals surface area (Å²) in [6.45, 7) is 2.89. The van der Waals surface area contributed by atoms with Crippen LogP contribution in [0.3, 0.4) is 0 Å². The maximum absolute atomic E-state index is 12.3. The van der Waals surface area contributed by atoms with Crippen LogP contribution in [0, 0.1) is 0 Å². The predicted octanol–water partition coefficient (Wildman–Crippen LogP) is 2.69. The van der Waals surface area contributed by atoms with Gasteiger partial charge in [0.2, 0.25) is 11.8 Å². The molecule has 1 aliphatic heterocycles. The minimum atomic E-state index is -0.165. The predicted molar refractivity (Wildman–Crippen MR) is 97.2 cm³/mol. The van der Waals surface area contributed by atoms with Crippen molar-refractivity contribution in [3.63, 3.8) is 0 Å². The van der Waals surface area contributed by atoms with Gasteiger partial charge in [-0.2, -0.15) is 11.8 Å². The molecule has 3 rings (SSSR count). The van der Waals surface area contributed by atoms with Crippen molar-refractivity contribution in [1.82, 2.24) is 15.3 Å². The molecule has 0 aliphatic carbocycles. The van der Waals surface area contributed by atoms with Crippen molar-refractivity contribution in [2.75, 3.05) is 18.1 Å². The largest absolute Gasteiger partial charge is 0.478 e. The second kappa shape index (κ2) is 8.71. The Hall–Kier alpha value is -2.28. The van der Waals surface area contributed by atoms with Gasteiger partial charge >= 0.3 is 0 Å². The fourth-order valence-electron chi connectivity index (χ4n) is 2.42. The van der Waals surface area contributed by atoms with Crippen LogP contribution in [0.1, 0.15) is 29.3 Å². The molecule has 0 spiro atoms. The molecule has 2 aromatic rings. The fourth-order valence-corrected chi connectivity index (χ4v) is 3.52. The highest BCUT2D eigenvalue weighted by molar-refractivity contribution is 7.99. The zero-order valence-electron chi connectivity index (χ0n) is 14.1. The molecule has 1 fully saturated rings. The molecule has 0 saturated carbocycles. The number of nitrogens with one attached hydrogen (secondary N) is 1. The van der Waals surface area contributed by atoms with E-state index in [1.165, 1.54) is 0 Å². The van der Waals surface area contributed by atoms with E-state index in [0.29, 0.717) is 30.5 Å². The first-order chi connectivity index (χ1) is 12.2. The normalized spacial score (nSPS) is 16.4. The van der Waals surface area contributed by atoms with Gasteiger partial charge in [0.05, 0.1) is 6.61 Å². The Morgan fingerprint density at radius 2 is 2.24 bits per heavy atom. The van der Waals surface area contributed by atoms with Crippen LogP contribution < -0.4 is 14.8 Å². The number of ether oxygens (including phenoxy) is 2. The Morgan fingerprint density at radius 1 is 1.32 bits per heavy atom. The van der Waals surface area contributed by atoms with E-state index in [0.717, 1.165) is 23.5 Å². The first-order valence-electron chi connectivity index (χ1n) is 8.31. The minimum absolute atomic E-state index is 0.165. The lowest BCUT2D eigenvalue weighted by Crippen LogP contribution is -2.23. The van der Waals surface area contributed by atoms with Crippen LogP contribution in [-0.2, 0) is 6.54 Å². The summed E-state index contributed by atoms with van der Waals surface area (Å²) in [5.41, 5.74) is 1.44. The van der Waals surface area contributed by atoms with Crippen LogP contribution >= 0.6 is 11.8 Å². The highest BCUT2D eigenvalue weighted by atomic mass is 32.2. The van der Waals surface area contributed by atoms with Crippen LogP contribution in [0.4, 0.5) is 0 Å². The Balaban J connectivity index is 1.55. The lowest BCUT2D eigenvalue weighted by Gasteiger charge is -2.12. The second-order valence-electron chi connectivity index (χ2n) is 5.61. The lowest BCUT2D eigenvalue weighted by atomic mass is 10.2. The SMILES string of the molecule is CCOc1ccc(CNC(=O)c2ccnc(OC3CCSC3)c2)cn1. The Labute approximate surface area is 151 Å². The van der Waals surface area contributed by atoms with Gasteiger partial charge in [0, 0.05) is 42.4 Å². The average Bonchev–Trinajstić information content (AvgIpc) is 3.14. The van der Waals surface area contributed by atoms with E-state index in [2.05, 4.69) is 15.3 Å². The molecule has 1 N–H and O–H groups in total. The highest BCUT2D eigenvalue weighted by Crippen LogP contribution is 2.22. The molecule has 132 valence electrons. The number of carbonyl (C=O) groups is 1. The minimum Gasteiger partial charge on any atom is -0.478 e. The molecular weight excluding hydrogens is 338 g/mol. The van der Waals surface area contributed by atoms with Crippen LogP contribution in [0.25, 0.3) is 0 Å². The van der Waals surface area contributed by atoms with Gasteiger partial charge < -0.3 is 14.8 Å². The molecule has 0 bridgehead atoms. The first-order valence-corrected chi connectivity index (χ1v) is 9.46. The molecule has 1 aliphatic rings. The summed E-state index contributed by atoms with van der Waals surface area (Å²) in [5.74, 6) is 3.01. The monoisotopic (exact) mass is 359 g/mol. The zero-order chi connectivity index (χ0) is 17.5. The summed E-state index contributed by atoms with van der Waals surface area (Å²) < 4.78 is 11.1. The van der Waals surface area contributed by atoms with Gasteiger partial charge in [-0.3, -0.25) is 4.79 Å². The summed E-state index contributed by atoms with van der Waals surface area (Å²) in [5, 5.41) is 2.88. The van der Waals surface area contributed by atoms with Gasteiger partial charge in [-0.1, -0.05) is 6.07 Å². The zero-order valence-corrected chi connectivity index (χ0v) is 14.9. The number of nitrogens with zero attached hydrogens (tertiary/aromatic N) is 2. The van der Waals surface area contributed by atoms with Crippen LogP contribution in [-0.4, -0.2) is 40.1 Å². The van der Waals surface area contributed by atoms with Crippen LogP contribution in [0.5, 0.6) is 11.8 Å². The van der Waals surface area contributed by atoms with Crippen molar-refractivity contribution in [2.45, 2.75) is 26.0 Å². The molecule has 1 saturated heterocycles. The average molecular weight is 359 g/mol. The molecule has 25 heavy (non-hydrogen) atoms. The van der Waals surface area contributed by atoms with Crippen LogP contribution in [0.2, 0.25) is 0 Å². The smallest absolute Gasteiger partial charge is 0.251 e. The second-order valence-corrected chi connectivity index (χ2v) is 6.76. The third-order valence-electron chi connectivity index (χ3n) is 3.72. The molecule has 7 heteroatoms. The van der Waals surface area contributed by atoms with E-state index in [4.69, 9.17) is 9.47 Å². The number of hydrogen-bond donors (Lipinski definition) is 1. The molecule has 3 heterocycles. The summed E-state index contributed by atoms with van der Waals surface area (Å²) in [6, 6.07) is 7.05. The Kier molecular flexibility index (Phi) is 6.11. The van der Waals surface area contributed by atoms with Gasteiger partial charge in [-0.25, -0.2) is 9.97 Å². The van der Waals surface area contributed by atoms with E-state index in [1.807, 2.05) is 24.8 Å². The molecular formula is C18H21N3O3S. The van der Waals surface area contributed by atoms with Crippen LogP contribution in [0.15, 0.2) is 36.7 Å². The number of carbonyl (C=O) groups excluding carboxylic acids is 1. The molecule has 0 aromatic carbocycles. The number of hydrogen-bond acceptors (Lipinski definition) is 6. The van der Waals surface area contributed by atoms with Crippen molar-refractivity contribution in [2.24, 2.45) is 0 Å². The number of rotatable bonds is 7. The van der Waals surface area contributed by atoms with Crippen molar-refractivity contribution in [3.8, 4) is 11.8 Å². The van der Waals surface area contributed by atoms with Gasteiger partial charge in [0.25, 0.3) is 5.91 Å². The molecule has 2 aromatic heterocycles. The van der Waals surface area contributed by atoms with Crippen molar-refractivity contribution >= 4 is 17.7 Å². The Morgan fingerprint density at radius 3 is 2.96 bits per heavy atom. The summed E-state index contributed by atoms with van der Waals surface area (Å²) in [6.07, 6.45) is 4.51. The summed E-state index contributed by atoms with van der Waals surface area (Å²) >= 11 is 1.87. The first kappa shape index (κ1) is 17.5. The van der Waals surface area contributed by atoms with Gasteiger partial charge in [0.1, 0.15) is 6.10 Å². The highest BCUT2D eigenvalue weighted by Gasteiger charge is 2.18. The van der Waals surface area contributed by atoms with E-state index < -0.39 is 0 Å². The van der Waals surface area contributed by atoms with Crippen molar-refractivity contribution in [3.05, 3.63) is 47.8 Å². The van der Waals surface area contributed by atoms with Gasteiger partial charge in [-0.15, -0.1) is 0 Å². The maximum Gasteiger partial charge on any atom is 0.251 e. The molecule has 6 nitrogen and oxygen atoms in total. The van der Waals surface area contributed by atoms with E-state index in [-0.39, 0.29) is 12.0 Å². The quantitative estimate of drug-likeness (QED) is 0.819. The lowest BCUT2D eigenvalue weighted by molar-refractivity contribution is 0.0950. The molecule has 1 amide bonds. The summed E-state index contributed by atoms with van der Waals surface area (Å²) in [7, 11) is 0. The molecule has 1 unspecified atom stereocenters. The van der Waals surface area contributed by atoms with Gasteiger partial charge in [-0.05, 0) is 30.7 Å². The van der Waals surface area contributed by atoms with E-state index >= 15 is 0 Å². The number of aromatic nitrogens is 2. The van der Waals surface area contributed by atoms with Gasteiger partial charge in [0.15, 0.2) is 0 Å². The standard InChI is InChI=1S/C18H21N3O3S/c1-2-23-16-4-3-13(10-20-16)11-21-18(22)14-5-7-19-17(9-14)24-15-6-8-25-12-15/h3-5,7,9-10,15H,2,6,8,11-12H2,1H3,(H,21,22). The van der Waals surface area contributed by atoms with E-state index in [9.17, 15) is 4.79 Å². The molecule has 1 atom stereocenters. The third-order valence-corrected chi connectivity index (χ3v) is 4.85. The topological polar surface area (TPSA) is 73.3 Å². The fraction of sp³-hybridized carbons (Fsp3) is 0.389. The maximum atomic E-state index is 12.3. The van der Waals surface area contributed by atoms with E-state index in [1.54, 1.807) is 30.6 Å². The van der Waals surface area contributed by atoms with Crippen molar-refractivity contribution < 1.29 is 14.3 Å².